The quantitative estimate of drug-likeness (QED) is 0.709. The van der Waals surface area contributed by atoms with Crippen LogP contribution >= 0.6 is 0 Å². The highest BCUT2D eigenvalue weighted by atomic mass is 32.2. The fourth-order valence-corrected chi connectivity index (χ4v) is 4.08. The molecule has 3 aromatic rings. The molecule has 1 aliphatic heterocycles. The highest BCUT2D eigenvalue weighted by Gasteiger charge is 2.43. The van der Waals surface area contributed by atoms with Crippen molar-refractivity contribution >= 4 is 21.5 Å². The van der Waals surface area contributed by atoms with Crippen LogP contribution in [0.1, 0.15) is 16.7 Å². The number of hydrogen-bond acceptors (Lipinski definition) is 4. The molecule has 0 saturated heterocycles. The van der Waals surface area contributed by atoms with E-state index in [9.17, 15) is 8.42 Å². The highest BCUT2D eigenvalue weighted by Crippen LogP contribution is 2.49. The lowest BCUT2D eigenvalue weighted by atomic mass is 9.67. The second kappa shape index (κ2) is 6.27. The maximum absolute atomic E-state index is 11.8. The van der Waals surface area contributed by atoms with E-state index in [4.69, 9.17) is 4.18 Å². The van der Waals surface area contributed by atoms with Gasteiger partial charge in [0.1, 0.15) is 0 Å². The zero-order valence-electron chi connectivity index (χ0n) is 14.3. The van der Waals surface area contributed by atoms with E-state index in [0.29, 0.717) is 0 Å². The Kier molecular flexibility index (Phi) is 4.05. The molecule has 0 fully saturated rings. The van der Waals surface area contributed by atoms with Crippen molar-refractivity contribution in [2.24, 2.45) is 0 Å². The first-order valence-corrected chi connectivity index (χ1v) is 10.2. The van der Waals surface area contributed by atoms with E-state index in [0.717, 1.165) is 34.3 Å². The van der Waals surface area contributed by atoms with Crippen LogP contribution in [-0.4, -0.2) is 21.3 Å². The molecule has 0 aromatic heterocycles. The summed E-state index contributed by atoms with van der Waals surface area (Å²) in [5.74, 6) is 0. The van der Waals surface area contributed by atoms with Gasteiger partial charge < -0.3 is 5.32 Å². The van der Waals surface area contributed by atoms with E-state index in [1.165, 1.54) is 0 Å². The number of fused-ring (bicyclic) bond motifs is 2. The maximum Gasteiger partial charge on any atom is 0.264 e. The Hall–Kier alpha value is -2.63. The molecular formula is C21H19NO3S. The van der Waals surface area contributed by atoms with Gasteiger partial charge in [-0.1, -0.05) is 66.7 Å². The number of nitrogens with one attached hydrogen (secondary N) is 1. The maximum atomic E-state index is 11.8. The molecule has 5 heteroatoms. The summed E-state index contributed by atoms with van der Waals surface area (Å²) >= 11 is 0. The van der Waals surface area contributed by atoms with Crippen molar-refractivity contribution in [1.29, 1.82) is 0 Å². The summed E-state index contributed by atoms with van der Waals surface area (Å²) in [6.45, 7) is 0.00551. The summed E-state index contributed by atoms with van der Waals surface area (Å²) in [5, 5.41) is 3.46. The van der Waals surface area contributed by atoms with Crippen LogP contribution in [0.3, 0.4) is 0 Å². The monoisotopic (exact) mass is 365 g/mol. The lowest BCUT2D eigenvalue weighted by molar-refractivity contribution is 0.272. The molecule has 132 valence electrons. The van der Waals surface area contributed by atoms with Gasteiger partial charge in [-0.3, -0.25) is 4.18 Å². The van der Waals surface area contributed by atoms with Gasteiger partial charge in [0, 0.05) is 11.4 Å². The molecule has 0 bridgehead atoms. The smallest absolute Gasteiger partial charge is 0.264 e. The Morgan fingerprint density at radius 2 is 1.31 bits per heavy atom. The van der Waals surface area contributed by atoms with Gasteiger partial charge in [0.2, 0.25) is 0 Å². The molecule has 4 rings (SSSR count). The minimum absolute atomic E-state index is 0.00551. The molecule has 4 nitrogen and oxygen atoms in total. The number of para-hydroxylation sites is 2. The molecule has 1 heterocycles. The molecule has 0 saturated carbocycles. The third kappa shape index (κ3) is 2.79. The van der Waals surface area contributed by atoms with Crippen LogP contribution in [0.4, 0.5) is 11.4 Å². The number of benzene rings is 3. The summed E-state index contributed by atoms with van der Waals surface area (Å²) in [6, 6.07) is 25.8. The van der Waals surface area contributed by atoms with Gasteiger partial charge in [-0.15, -0.1) is 0 Å². The molecular weight excluding hydrogens is 346 g/mol. The zero-order valence-corrected chi connectivity index (χ0v) is 15.2. The van der Waals surface area contributed by atoms with Crippen LogP contribution in [0.15, 0.2) is 78.9 Å². The van der Waals surface area contributed by atoms with Gasteiger partial charge in [0.25, 0.3) is 10.1 Å². The van der Waals surface area contributed by atoms with Crippen molar-refractivity contribution in [2.45, 2.75) is 5.41 Å². The van der Waals surface area contributed by atoms with Crippen molar-refractivity contribution in [2.75, 3.05) is 18.2 Å². The minimum Gasteiger partial charge on any atom is -0.355 e. The van der Waals surface area contributed by atoms with E-state index in [1.54, 1.807) is 0 Å². The molecule has 1 aliphatic rings. The third-order valence-electron chi connectivity index (χ3n) is 4.80. The van der Waals surface area contributed by atoms with E-state index < -0.39 is 15.5 Å². The zero-order chi connectivity index (χ0) is 18.2. The Morgan fingerprint density at radius 3 is 1.85 bits per heavy atom. The van der Waals surface area contributed by atoms with Crippen molar-refractivity contribution in [3.63, 3.8) is 0 Å². The molecule has 3 aromatic carbocycles. The number of anilines is 2. The van der Waals surface area contributed by atoms with Crippen molar-refractivity contribution < 1.29 is 12.6 Å². The van der Waals surface area contributed by atoms with E-state index >= 15 is 0 Å². The molecule has 0 radical (unpaired) electrons. The van der Waals surface area contributed by atoms with Gasteiger partial charge >= 0.3 is 0 Å². The van der Waals surface area contributed by atoms with Gasteiger partial charge in [0.05, 0.1) is 18.3 Å². The molecule has 26 heavy (non-hydrogen) atoms. The van der Waals surface area contributed by atoms with Crippen molar-refractivity contribution in [1.82, 2.24) is 0 Å². The predicted molar refractivity (Wildman–Crippen MR) is 103 cm³/mol. The topological polar surface area (TPSA) is 55.4 Å². The van der Waals surface area contributed by atoms with Gasteiger partial charge in [-0.2, -0.15) is 8.42 Å². The van der Waals surface area contributed by atoms with Crippen LogP contribution < -0.4 is 5.32 Å². The van der Waals surface area contributed by atoms with Crippen LogP contribution in [-0.2, 0) is 19.7 Å². The predicted octanol–water partition coefficient (Wildman–Crippen LogP) is 4.05. The first-order valence-electron chi connectivity index (χ1n) is 8.37. The Bertz CT molecular complexity index is 1000. The molecule has 0 atom stereocenters. The van der Waals surface area contributed by atoms with Crippen LogP contribution in [0.2, 0.25) is 0 Å². The number of hydrogen-bond donors (Lipinski definition) is 1. The van der Waals surface area contributed by atoms with E-state index in [-0.39, 0.29) is 6.61 Å². The van der Waals surface area contributed by atoms with Crippen molar-refractivity contribution in [3.8, 4) is 0 Å². The van der Waals surface area contributed by atoms with Gasteiger partial charge in [-0.25, -0.2) is 0 Å². The highest BCUT2D eigenvalue weighted by molar-refractivity contribution is 7.85. The molecule has 0 amide bonds. The number of rotatable bonds is 4. The summed E-state index contributed by atoms with van der Waals surface area (Å²) in [6.07, 6.45) is 1.09. The first kappa shape index (κ1) is 16.8. The van der Waals surface area contributed by atoms with E-state index in [2.05, 4.69) is 5.32 Å². The summed E-state index contributed by atoms with van der Waals surface area (Å²) in [4.78, 5) is 0. The SMILES string of the molecule is CS(=O)(=O)OCC1(c2ccccc2)c2ccccc2Nc2ccccc21. The standard InChI is InChI=1S/C21H19NO3S/c1-26(23,24)25-15-21(16-9-3-2-4-10-16)17-11-5-7-13-19(17)22-20-14-8-6-12-18(20)21/h2-14,22H,15H2,1H3. The van der Waals surface area contributed by atoms with Crippen LogP contribution in [0.25, 0.3) is 0 Å². The minimum atomic E-state index is -3.60. The van der Waals surface area contributed by atoms with E-state index in [1.807, 2.05) is 78.9 Å². The van der Waals surface area contributed by atoms with Crippen LogP contribution in [0, 0.1) is 0 Å². The summed E-state index contributed by atoms with van der Waals surface area (Å²) in [5.41, 5.74) is 4.16. The Morgan fingerprint density at radius 1 is 0.808 bits per heavy atom. The second-order valence-corrected chi connectivity index (χ2v) is 8.10. The fourth-order valence-electron chi connectivity index (χ4n) is 3.69. The average Bonchev–Trinajstić information content (AvgIpc) is 2.65. The Labute approximate surface area is 153 Å². The lowest BCUT2D eigenvalue weighted by Gasteiger charge is -2.41. The average molecular weight is 365 g/mol. The first-order chi connectivity index (χ1) is 12.5. The van der Waals surface area contributed by atoms with Gasteiger partial charge in [0.15, 0.2) is 0 Å². The summed E-state index contributed by atoms with van der Waals surface area (Å²) < 4.78 is 29.1. The summed E-state index contributed by atoms with van der Waals surface area (Å²) in [7, 11) is -3.60. The second-order valence-electron chi connectivity index (χ2n) is 6.45. The largest absolute Gasteiger partial charge is 0.355 e. The molecule has 0 unspecified atom stereocenters. The molecule has 1 N–H and O–H groups in total. The Balaban J connectivity index is 2.04. The normalized spacial score (nSPS) is 14.8. The van der Waals surface area contributed by atoms with Crippen LogP contribution in [0.5, 0.6) is 0 Å². The van der Waals surface area contributed by atoms with Crippen molar-refractivity contribution in [3.05, 3.63) is 95.6 Å². The fraction of sp³-hybridized carbons (Fsp3) is 0.143. The molecule has 0 spiro atoms. The molecule has 0 aliphatic carbocycles. The third-order valence-corrected chi connectivity index (χ3v) is 5.35. The lowest BCUT2D eigenvalue weighted by Crippen LogP contribution is -2.39. The van der Waals surface area contributed by atoms with Gasteiger partial charge in [-0.05, 0) is 28.8 Å².